The number of nitrogens with zero attached hydrogens (tertiary/aromatic N) is 5. The molecule has 0 bridgehead atoms. The molecule has 1 aromatic heterocycles. The van der Waals surface area contributed by atoms with Crippen molar-refractivity contribution in [1.29, 1.82) is 0 Å². The third-order valence-electron chi connectivity index (χ3n) is 6.10. The van der Waals surface area contributed by atoms with Gasteiger partial charge in [0.2, 0.25) is 0 Å². The molecule has 1 fully saturated rings. The Balaban J connectivity index is 1.37. The number of amides is 1. The van der Waals surface area contributed by atoms with Crippen LogP contribution >= 0.6 is 11.8 Å². The number of thioether (sulfide) groups is 1. The van der Waals surface area contributed by atoms with Gasteiger partial charge in [-0.25, -0.2) is 5.01 Å². The summed E-state index contributed by atoms with van der Waals surface area (Å²) in [6.45, 7) is 2.90. The molecular weight excluding hydrogens is 434 g/mol. The minimum atomic E-state index is -0.148. The van der Waals surface area contributed by atoms with E-state index in [0.29, 0.717) is 12.3 Å². The van der Waals surface area contributed by atoms with Gasteiger partial charge in [-0.3, -0.25) is 4.79 Å². The fourth-order valence-electron chi connectivity index (χ4n) is 4.17. The maximum absolute atomic E-state index is 13.4. The number of carbonyl (C=O) groups excluding carboxylic acids is 1. The molecule has 0 N–H and O–H groups in total. The summed E-state index contributed by atoms with van der Waals surface area (Å²) in [5.41, 5.74) is 3.00. The molecule has 0 saturated heterocycles. The van der Waals surface area contributed by atoms with Crippen molar-refractivity contribution in [2.45, 2.75) is 49.8 Å². The highest BCUT2D eigenvalue weighted by molar-refractivity contribution is 7.99. The van der Waals surface area contributed by atoms with Crippen molar-refractivity contribution < 1.29 is 9.53 Å². The number of aromatic nitrogens is 3. The second-order valence-corrected chi connectivity index (χ2v) is 9.23. The Morgan fingerprint density at radius 1 is 1.09 bits per heavy atom. The zero-order chi connectivity index (χ0) is 22.8. The predicted octanol–water partition coefficient (Wildman–Crippen LogP) is 4.65. The number of carbonyl (C=O) groups is 1. The molecule has 170 valence electrons. The van der Waals surface area contributed by atoms with E-state index in [1.54, 1.807) is 12.1 Å². The van der Waals surface area contributed by atoms with Gasteiger partial charge in [0.05, 0.1) is 24.6 Å². The Morgan fingerprint density at radius 3 is 2.52 bits per heavy atom. The molecule has 2 heterocycles. The number of ether oxygens (including phenoxy) is 1. The number of hydrogen-bond acceptors (Lipinski definition) is 6. The van der Waals surface area contributed by atoms with Crippen molar-refractivity contribution in [3.63, 3.8) is 0 Å². The second kappa shape index (κ2) is 9.39. The van der Waals surface area contributed by atoms with E-state index in [0.717, 1.165) is 40.1 Å². The van der Waals surface area contributed by atoms with Crippen LogP contribution in [0.15, 0.2) is 64.9 Å². The van der Waals surface area contributed by atoms with Gasteiger partial charge in [0, 0.05) is 18.9 Å². The first-order chi connectivity index (χ1) is 16.2. The molecule has 5 rings (SSSR count). The Morgan fingerprint density at radius 2 is 1.85 bits per heavy atom. The van der Waals surface area contributed by atoms with Crippen LogP contribution in [0.1, 0.15) is 55.1 Å². The van der Waals surface area contributed by atoms with Crippen LogP contribution in [0.2, 0.25) is 0 Å². The number of hydrogen-bond donors (Lipinski definition) is 0. The predicted molar refractivity (Wildman–Crippen MR) is 129 cm³/mol. The van der Waals surface area contributed by atoms with Crippen molar-refractivity contribution in [3.8, 4) is 5.75 Å². The van der Waals surface area contributed by atoms with Crippen LogP contribution < -0.4 is 4.74 Å². The van der Waals surface area contributed by atoms with Crippen LogP contribution in [0.25, 0.3) is 0 Å². The SMILES string of the molecule is CCn1c(SCC(=O)N2N=C(c3ccccc3)C[C@H]2c2ccc(OC)cc2)nnc1C1CC1. The van der Waals surface area contributed by atoms with E-state index in [9.17, 15) is 4.79 Å². The first-order valence-corrected chi connectivity index (χ1v) is 12.3. The topological polar surface area (TPSA) is 72.6 Å². The Hall–Kier alpha value is -3.13. The van der Waals surface area contributed by atoms with Crippen LogP contribution in [0, 0.1) is 0 Å². The molecule has 0 unspecified atom stereocenters. The summed E-state index contributed by atoms with van der Waals surface area (Å²) in [4.78, 5) is 13.4. The van der Waals surface area contributed by atoms with Crippen LogP contribution in [-0.2, 0) is 11.3 Å². The summed E-state index contributed by atoms with van der Waals surface area (Å²) >= 11 is 1.44. The normalized spacial score (nSPS) is 17.8. The highest BCUT2D eigenvalue weighted by Crippen LogP contribution is 2.40. The van der Waals surface area contributed by atoms with Gasteiger partial charge in [-0.15, -0.1) is 10.2 Å². The third-order valence-corrected chi connectivity index (χ3v) is 7.05. The van der Waals surface area contributed by atoms with Gasteiger partial charge in [-0.2, -0.15) is 5.10 Å². The van der Waals surface area contributed by atoms with Crippen molar-refractivity contribution in [2.24, 2.45) is 5.10 Å². The Bertz CT molecular complexity index is 1160. The second-order valence-electron chi connectivity index (χ2n) is 8.29. The third kappa shape index (κ3) is 4.53. The monoisotopic (exact) mass is 461 g/mol. The van der Waals surface area contributed by atoms with Crippen molar-refractivity contribution in [3.05, 3.63) is 71.5 Å². The van der Waals surface area contributed by atoms with Crippen LogP contribution in [-0.4, -0.2) is 44.3 Å². The van der Waals surface area contributed by atoms with Crippen LogP contribution in [0.5, 0.6) is 5.75 Å². The summed E-state index contributed by atoms with van der Waals surface area (Å²) in [5, 5.41) is 16.0. The molecule has 0 spiro atoms. The lowest BCUT2D eigenvalue weighted by atomic mass is 9.98. The fourth-order valence-corrected chi connectivity index (χ4v) is 5.03. The molecule has 2 aliphatic rings. The molecule has 2 aromatic carbocycles. The molecule has 3 aromatic rings. The van der Waals surface area contributed by atoms with Crippen molar-refractivity contribution in [1.82, 2.24) is 19.8 Å². The maximum atomic E-state index is 13.4. The summed E-state index contributed by atoms with van der Waals surface area (Å²) in [6, 6.07) is 17.8. The summed E-state index contributed by atoms with van der Waals surface area (Å²) in [7, 11) is 1.65. The number of rotatable bonds is 8. The smallest absolute Gasteiger partial charge is 0.253 e. The first kappa shape index (κ1) is 21.7. The summed E-state index contributed by atoms with van der Waals surface area (Å²) < 4.78 is 7.44. The lowest BCUT2D eigenvalue weighted by Gasteiger charge is -2.22. The van der Waals surface area contributed by atoms with Gasteiger partial charge >= 0.3 is 0 Å². The zero-order valence-corrected chi connectivity index (χ0v) is 19.7. The molecular formula is C25H27N5O2S. The highest BCUT2D eigenvalue weighted by atomic mass is 32.2. The highest BCUT2D eigenvalue weighted by Gasteiger charge is 2.34. The molecule has 33 heavy (non-hydrogen) atoms. The van der Waals surface area contributed by atoms with E-state index in [-0.39, 0.29) is 17.7 Å². The number of methoxy groups -OCH3 is 1. The lowest BCUT2D eigenvalue weighted by molar-refractivity contribution is -0.130. The van der Waals surface area contributed by atoms with Gasteiger partial charge in [0.25, 0.3) is 5.91 Å². The Labute approximate surface area is 197 Å². The first-order valence-electron chi connectivity index (χ1n) is 11.3. The van der Waals surface area contributed by atoms with Crippen molar-refractivity contribution in [2.75, 3.05) is 12.9 Å². The van der Waals surface area contributed by atoms with E-state index in [1.807, 2.05) is 54.6 Å². The van der Waals surface area contributed by atoms with Gasteiger partial charge < -0.3 is 9.30 Å². The van der Waals surface area contributed by atoms with Crippen molar-refractivity contribution >= 4 is 23.4 Å². The van der Waals surface area contributed by atoms with Crippen LogP contribution in [0.4, 0.5) is 0 Å². The largest absolute Gasteiger partial charge is 0.497 e. The fraction of sp³-hybridized carbons (Fsp3) is 0.360. The van der Waals surface area contributed by atoms with E-state index >= 15 is 0 Å². The van der Waals surface area contributed by atoms with Gasteiger partial charge in [-0.1, -0.05) is 54.2 Å². The zero-order valence-electron chi connectivity index (χ0n) is 18.8. The molecule has 1 aliphatic heterocycles. The number of benzene rings is 2. The van der Waals surface area contributed by atoms with Gasteiger partial charge in [0.15, 0.2) is 5.16 Å². The van der Waals surface area contributed by atoms with E-state index in [2.05, 4.69) is 21.7 Å². The quantitative estimate of drug-likeness (QED) is 0.457. The molecule has 1 saturated carbocycles. The lowest BCUT2D eigenvalue weighted by Crippen LogP contribution is -2.28. The average molecular weight is 462 g/mol. The van der Waals surface area contributed by atoms with Gasteiger partial charge in [0.1, 0.15) is 11.6 Å². The van der Waals surface area contributed by atoms with E-state index in [1.165, 1.54) is 24.6 Å². The minimum Gasteiger partial charge on any atom is -0.497 e. The van der Waals surface area contributed by atoms with Gasteiger partial charge in [-0.05, 0) is 43.0 Å². The molecule has 1 aliphatic carbocycles. The summed E-state index contributed by atoms with van der Waals surface area (Å²) in [6.07, 6.45) is 3.02. The maximum Gasteiger partial charge on any atom is 0.253 e. The minimum absolute atomic E-state index is 0.0367. The summed E-state index contributed by atoms with van der Waals surface area (Å²) in [5.74, 6) is 2.60. The molecule has 7 nitrogen and oxygen atoms in total. The standard InChI is InChI=1S/C25H27N5O2S/c1-3-29-24(19-9-10-19)26-27-25(29)33-16-23(31)30-22(18-11-13-20(32-2)14-12-18)15-21(28-30)17-7-5-4-6-8-17/h4-8,11-14,19,22H,3,9-10,15-16H2,1-2H3/t22-/m0/s1. The number of hydrazone groups is 1. The molecule has 8 heteroatoms. The Kier molecular flexibility index (Phi) is 6.17. The molecule has 1 atom stereocenters. The molecule has 0 radical (unpaired) electrons. The van der Waals surface area contributed by atoms with Crippen LogP contribution in [0.3, 0.4) is 0 Å². The van der Waals surface area contributed by atoms with E-state index in [4.69, 9.17) is 9.84 Å². The average Bonchev–Trinajstić information content (AvgIpc) is 3.47. The van der Waals surface area contributed by atoms with E-state index < -0.39 is 0 Å². The molecule has 1 amide bonds.